The number of hydrogen-bond acceptors (Lipinski definition) is 5. The molecule has 2 aliphatic rings. The molecule has 0 radical (unpaired) electrons. The third-order valence-electron chi connectivity index (χ3n) is 6.21. The van der Waals surface area contributed by atoms with E-state index in [2.05, 4.69) is 20.8 Å². The molecular weight excluding hydrogens is 375 g/mol. The summed E-state index contributed by atoms with van der Waals surface area (Å²) in [5.74, 6) is 2.15. The Hall–Kier alpha value is -1.48. The van der Waals surface area contributed by atoms with E-state index in [9.17, 15) is 9.36 Å². The van der Waals surface area contributed by atoms with E-state index in [4.69, 9.17) is 14.2 Å². The monoisotopic (exact) mass is 408 g/mol. The van der Waals surface area contributed by atoms with Gasteiger partial charge in [0.2, 0.25) is 0 Å². The van der Waals surface area contributed by atoms with Gasteiger partial charge in [-0.3, -0.25) is 0 Å². The number of benzene rings is 1. The van der Waals surface area contributed by atoms with Crippen molar-refractivity contribution in [1.29, 1.82) is 0 Å². The van der Waals surface area contributed by atoms with Crippen LogP contribution >= 0.6 is 7.14 Å². The summed E-state index contributed by atoms with van der Waals surface area (Å²) in [5, 5.41) is 0.0419. The molecule has 1 aliphatic carbocycles. The van der Waals surface area contributed by atoms with Crippen LogP contribution in [0.2, 0.25) is 0 Å². The highest BCUT2D eigenvalue weighted by molar-refractivity contribution is 7.73. The van der Waals surface area contributed by atoms with Gasteiger partial charge in [0.05, 0.1) is 0 Å². The van der Waals surface area contributed by atoms with Crippen LogP contribution in [0.15, 0.2) is 18.2 Å². The number of carbonyl (C=O) groups excluding carboxylic acids is 1. The summed E-state index contributed by atoms with van der Waals surface area (Å²) in [7, 11) is -2.87. The SMILES string of the molecule is CC1CCC(C(C)C)C(OC(=O)Oc2cccc3c2P(=O)(C(C)(C)C)CO3)C1. The Morgan fingerprint density at radius 3 is 2.61 bits per heavy atom. The molecule has 3 rings (SSSR count). The van der Waals surface area contributed by atoms with Gasteiger partial charge in [0.1, 0.15) is 29.3 Å². The Morgan fingerprint density at radius 2 is 1.96 bits per heavy atom. The molecule has 4 unspecified atom stereocenters. The fourth-order valence-electron chi connectivity index (χ4n) is 4.30. The van der Waals surface area contributed by atoms with Gasteiger partial charge in [0.15, 0.2) is 7.14 Å². The van der Waals surface area contributed by atoms with Crippen LogP contribution in [0.4, 0.5) is 4.79 Å². The van der Waals surface area contributed by atoms with Gasteiger partial charge >= 0.3 is 6.16 Å². The zero-order valence-electron chi connectivity index (χ0n) is 17.9. The van der Waals surface area contributed by atoms with Gasteiger partial charge in [-0.05, 0) is 42.7 Å². The van der Waals surface area contributed by atoms with Gasteiger partial charge in [-0.15, -0.1) is 0 Å². The van der Waals surface area contributed by atoms with E-state index < -0.39 is 18.5 Å². The molecule has 4 atom stereocenters. The summed E-state index contributed by atoms with van der Waals surface area (Å²) in [6, 6.07) is 5.20. The van der Waals surface area contributed by atoms with Crippen LogP contribution in [0.3, 0.4) is 0 Å². The van der Waals surface area contributed by atoms with Gasteiger partial charge < -0.3 is 18.8 Å². The van der Waals surface area contributed by atoms with Gasteiger partial charge in [-0.2, -0.15) is 0 Å². The molecule has 5 nitrogen and oxygen atoms in total. The molecule has 0 aromatic heterocycles. The number of fused-ring (bicyclic) bond motifs is 1. The standard InChI is InChI=1S/C22H33O5P/c1-14(2)16-11-10-15(3)12-19(16)27-21(23)26-18-9-7-8-17-20(18)28(24,13-25-17)22(4,5)6/h7-9,14-16,19H,10-13H2,1-6H3. The smallest absolute Gasteiger partial charge is 0.485 e. The number of carbonyl (C=O) groups is 1. The van der Waals surface area contributed by atoms with Gasteiger partial charge in [-0.1, -0.05) is 54.0 Å². The van der Waals surface area contributed by atoms with E-state index in [0.717, 1.165) is 19.3 Å². The molecule has 0 amide bonds. The van der Waals surface area contributed by atoms with Crippen molar-refractivity contribution < 1.29 is 23.6 Å². The molecule has 1 aliphatic heterocycles. The fourth-order valence-corrected chi connectivity index (χ4v) is 6.78. The van der Waals surface area contributed by atoms with E-state index in [1.54, 1.807) is 18.2 Å². The summed E-state index contributed by atoms with van der Waals surface area (Å²) in [5.41, 5.74) is 0. The summed E-state index contributed by atoms with van der Waals surface area (Å²) < 4.78 is 30.7. The average molecular weight is 408 g/mol. The molecule has 1 aromatic carbocycles. The van der Waals surface area contributed by atoms with Gasteiger partial charge in [0, 0.05) is 5.16 Å². The van der Waals surface area contributed by atoms with Crippen molar-refractivity contribution in [2.24, 2.45) is 17.8 Å². The van der Waals surface area contributed by atoms with Crippen molar-refractivity contribution in [2.45, 2.75) is 72.1 Å². The molecule has 156 valence electrons. The van der Waals surface area contributed by atoms with Crippen LogP contribution in [0.1, 0.15) is 60.8 Å². The molecule has 0 spiro atoms. The Bertz CT molecular complexity index is 780. The van der Waals surface area contributed by atoms with Crippen LogP contribution in [-0.4, -0.2) is 23.8 Å². The first-order valence-corrected chi connectivity index (χ1v) is 12.2. The molecule has 0 saturated heterocycles. The third-order valence-corrected chi connectivity index (χ3v) is 10.0. The highest BCUT2D eigenvalue weighted by Gasteiger charge is 2.47. The van der Waals surface area contributed by atoms with Crippen LogP contribution in [0.5, 0.6) is 11.5 Å². The quantitative estimate of drug-likeness (QED) is 0.359. The Morgan fingerprint density at radius 1 is 1.25 bits per heavy atom. The third kappa shape index (κ3) is 3.96. The summed E-state index contributed by atoms with van der Waals surface area (Å²) in [6.07, 6.45) is 2.36. The van der Waals surface area contributed by atoms with Crippen LogP contribution < -0.4 is 14.8 Å². The van der Waals surface area contributed by atoms with Crippen molar-refractivity contribution in [1.82, 2.24) is 0 Å². The largest absolute Gasteiger partial charge is 0.514 e. The number of ether oxygens (including phenoxy) is 3. The first kappa shape index (κ1) is 21.2. The van der Waals surface area contributed by atoms with E-state index >= 15 is 0 Å². The zero-order chi connectivity index (χ0) is 20.7. The minimum Gasteiger partial charge on any atom is -0.485 e. The molecular formula is C22H33O5P. The molecule has 0 N–H and O–H groups in total. The summed E-state index contributed by atoms with van der Waals surface area (Å²) in [6.45, 7) is 12.3. The minimum atomic E-state index is -2.87. The van der Waals surface area contributed by atoms with E-state index in [1.165, 1.54) is 0 Å². The van der Waals surface area contributed by atoms with Crippen LogP contribution in [0, 0.1) is 17.8 Å². The second-order valence-corrected chi connectivity index (χ2v) is 13.1. The summed E-state index contributed by atoms with van der Waals surface area (Å²) in [4.78, 5) is 12.6. The van der Waals surface area contributed by atoms with E-state index in [-0.39, 0.29) is 12.5 Å². The molecule has 0 bridgehead atoms. The predicted molar refractivity (Wildman–Crippen MR) is 111 cm³/mol. The van der Waals surface area contributed by atoms with E-state index in [1.807, 2.05) is 20.8 Å². The lowest BCUT2D eigenvalue weighted by molar-refractivity contribution is -0.0135. The highest BCUT2D eigenvalue weighted by Crippen LogP contribution is 2.63. The minimum absolute atomic E-state index is 0.136. The topological polar surface area (TPSA) is 61.8 Å². The maximum Gasteiger partial charge on any atom is 0.514 e. The first-order valence-electron chi connectivity index (χ1n) is 10.3. The molecule has 1 fully saturated rings. The van der Waals surface area contributed by atoms with Crippen LogP contribution in [0.25, 0.3) is 0 Å². The normalized spacial score (nSPS) is 29.9. The molecule has 28 heavy (non-hydrogen) atoms. The van der Waals surface area contributed by atoms with E-state index in [0.29, 0.717) is 34.6 Å². The Labute approximate surface area is 168 Å². The van der Waals surface area contributed by atoms with Gasteiger partial charge in [-0.25, -0.2) is 4.79 Å². The summed E-state index contributed by atoms with van der Waals surface area (Å²) >= 11 is 0. The lowest BCUT2D eigenvalue weighted by atomic mass is 9.75. The predicted octanol–water partition coefficient (Wildman–Crippen LogP) is 5.80. The maximum atomic E-state index is 13.7. The van der Waals surface area contributed by atoms with Crippen LogP contribution in [-0.2, 0) is 9.30 Å². The fraction of sp³-hybridized carbons (Fsp3) is 0.682. The van der Waals surface area contributed by atoms with Crippen molar-refractivity contribution in [2.75, 3.05) is 6.35 Å². The lowest BCUT2D eigenvalue weighted by Gasteiger charge is -2.36. The van der Waals surface area contributed by atoms with Gasteiger partial charge in [0.25, 0.3) is 0 Å². The molecule has 1 saturated carbocycles. The van der Waals surface area contributed by atoms with Crippen molar-refractivity contribution in [3.8, 4) is 11.5 Å². The van der Waals surface area contributed by atoms with Crippen molar-refractivity contribution in [3.05, 3.63) is 18.2 Å². The Balaban J connectivity index is 1.81. The van der Waals surface area contributed by atoms with Crippen molar-refractivity contribution in [3.63, 3.8) is 0 Å². The molecule has 1 heterocycles. The Kier molecular flexibility index (Phi) is 5.87. The second kappa shape index (κ2) is 7.74. The average Bonchev–Trinajstić information content (AvgIpc) is 2.94. The maximum absolute atomic E-state index is 13.7. The molecule has 6 heteroatoms. The van der Waals surface area contributed by atoms with Crippen molar-refractivity contribution >= 4 is 18.6 Å². The highest BCUT2D eigenvalue weighted by atomic mass is 31.2. The molecule has 1 aromatic rings. The number of rotatable bonds is 3. The second-order valence-electron chi connectivity index (χ2n) is 9.62. The zero-order valence-corrected chi connectivity index (χ0v) is 18.8. The lowest BCUT2D eigenvalue weighted by Crippen LogP contribution is -2.36. The number of hydrogen-bond donors (Lipinski definition) is 0. The first-order chi connectivity index (χ1) is 13.0.